The van der Waals surface area contributed by atoms with Crippen molar-refractivity contribution in [2.45, 2.75) is 45.2 Å². The Morgan fingerprint density at radius 1 is 1.29 bits per heavy atom. The third kappa shape index (κ3) is 4.74. The van der Waals surface area contributed by atoms with Crippen molar-refractivity contribution in [1.29, 1.82) is 0 Å². The molecule has 4 rings (SSSR count). The van der Waals surface area contributed by atoms with Gasteiger partial charge >= 0.3 is 0 Å². The van der Waals surface area contributed by atoms with Gasteiger partial charge in [0.05, 0.1) is 19.1 Å². The molecule has 0 aliphatic carbocycles. The van der Waals surface area contributed by atoms with Crippen molar-refractivity contribution in [2.24, 2.45) is 0 Å². The fraction of sp³-hybridized carbons (Fsp3) is 0.435. The Kier molecular flexibility index (Phi) is 6.86. The molecule has 164 valence electrons. The molecule has 0 bridgehead atoms. The highest BCUT2D eigenvalue weighted by molar-refractivity contribution is 7.16. The van der Waals surface area contributed by atoms with Crippen molar-refractivity contribution in [1.82, 2.24) is 15.3 Å². The number of hydrogen-bond acceptors (Lipinski definition) is 7. The summed E-state index contributed by atoms with van der Waals surface area (Å²) in [4.78, 5) is 24.9. The van der Waals surface area contributed by atoms with Gasteiger partial charge in [0, 0.05) is 13.1 Å². The van der Waals surface area contributed by atoms with Gasteiger partial charge in [0.15, 0.2) is 11.5 Å². The molecule has 1 N–H and O–H groups in total. The molecule has 31 heavy (non-hydrogen) atoms. The molecule has 3 heterocycles. The van der Waals surface area contributed by atoms with E-state index in [0.717, 1.165) is 59.6 Å². The number of carbonyl (C=O) groups is 1. The Balaban J connectivity index is 1.42. The van der Waals surface area contributed by atoms with Crippen LogP contribution in [0.15, 0.2) is 36.0 Å². The number of fused-ring (bicyclic) bond motifs is 1. The number of nitrogens with zero attached hydrogens (tertiary/aromatic N) is 3. The number of unbranched alkanes of at least 4 members (excludes halogenated alkanes) is 1. The molecular weight excluding hydrogens is 412 g/mol. The lowest BCUT2D eigenvalue weighted by Gasteiger charge is -2.25. The van der Waals surface area contributed by atoms with Gasteiger partial charge in [-0.15, -0.1) is 11.3 Å². The quantitative estimate of drug-likeness (QED) is 0.504. The third-order valence-corrected chi connectivity index (χ3v) is 6.34. The van der Waals surface area contributed by atoms with Gasteiger partial charge in [0.25, 0.3) is 0 Å². The highest BCUT2D eigenvalue weighted by atomic mass is 32.1. The SMILES string of the molecule is CCCCOc1ccc(CNC(=O)C2CCCN2c2ncnc3sccc23)cc1OC. The van der Waals surface area contributed by atoms with E-state index < -0.39 is 0 Å². The predicted octanol–water partition coefficient (Wildman–Crippen LogP) is 4.16. The molecule has 1 amide bonds. The molecule has 1 aromatic carbocycles. The van der Waals surface area contributed by atoms with E-state index in [1.165, 1.54) is 0 Å². The summed E-state index contributed by atoms with van der Waals surface area (Å²) in [7, 11) is 1.63. The Labute approximate surface area is 186 Å². The molecule has 0 radical (unpaired) electrons. The van der Waals surface area contributed by atoms with Gasteiger partial charge in [0.1, 0.15) is 23.0 Å². The number of nitrogens with one attached hydrogen (secondary N) is 1. The van der Waals surface area contributed by atoms with Crippen LogP contribution in [0.2, 0.25) is 0 Å². The number of ether oxygens (including phenoxy) is 2. The summed E-state index contributed by atoms with van der Waals surface area (Å²) in [5, 5.41) is 6.11. The van der Waals surface area contributed by atoms with Crippen LogP contribution in [0, 0.1) is 0 Å². The number of amides is 1. The van der Waals surface area contributed by atoms with Gasteiger partial charge in [-0.05, 0) is 48.4 Å². The minimum atomic E-state index is -0.225. The Bertz CT molecular complexity index is 1040. The third-order valence-electron chi connectivity index (χ3n) is 5.52. The van der Waals surface area contributed by atoms with Crippen LogP contribution < -0.4 is 19.7 Å². The van der Waals surface area contributed by atoms with Gasteiger partial charge in [-0.2, -0.15) is 0 Å². The standard InChI is InChI=1S/C23H28N4O3S/c1-3-4-11-30-19-8-7-16(13-20(19)29-2)14-24-22(28)18-6-5-10-27(18)21-17-9-12-31-23(17)26-15-25-21/h7-9,12-13,15,18H,3-6,10-11,14H2,1-2H3,(H,24,28). The lowest BCUT2D eigenvalue weighted by molar-refractivity contribution is -0.122. The van der Waals surface area contributed by atoms with E-state index in [9.17, 15) is 4.79 Å². The van der Waals surface area contributed by atoms with Crippen molar-refractivity contribution in [3.05, 3.63) is 41.5 Å². The summed E-state index contributed by atoms with van der Waals surface area (Å²) < 4.78 is 11.3. The lowest BCUT2D eigenvalue weighted by atomic mass is 10.1. The van der Waals surface area contributed by atoms with Crippen molar-refractivity contribution in [3.63, 3.8) is 0 Å². The molecule has 2 aromatic heterocycles. The van der Waals surface area contributed by atoms with Crippen molar-refractivity contribution < 1.29 is 14.3 Å². The number of methoxy groups -OCH3 is 1. The number of hydrogen-bond donors (Lipinski definition) is 1. The van der Waals surface area contributed by atoms with E-state index in [4.69, 9.17) is 9.47 Å². The minimum absolute atomic E-state index is 0.0155. The maximum absolute atomic E-state index is 13.0. The molecule has 1 unspecified atom stereocenters. The average Bonchev–Trinajstić information content (AvgIpc) is 3.47. The van der Waals surface area contributed by atoms with Crippen LogP contribution in [-0.2, 0) is 11.3 Å². The number of anilines is 1. The van der Waals surface area contributed by atoms with Crippen LogP contribution in [0.4, 0.5) is 5.82 Å². The first kappa shape index (κ1) is 21.4. The largest absolute Gasteiger partial charge is 0.493 e. The van der Waals surface area contributed by atoms with Gasteiger partial charge < -0.3 is 19.7 Å². The van der Waals surface area contributed by atoms with Crippen molar-refractivity contribution in [2.75, 3.05) is 25.2 Å². The van der Waals surface area contributed by atoms with Gasteiger partial charge in [-0.3, -0.25) is 4.79 Å². The molecule has 1 fully saturated rings. The number of thiophene rings is 1. The summed E-state index contributed by atoms with van der Waals surface area (Å²) in [6.45, 7) is 4.05. The maximum atomic E-state index is 13.0. The fourth-order valence-electron chi connectivity index (χ4n) is 3.87. The number of aromatic nitrogens is 2. The first-order valence-electron chi connectivity index (χ1n) is 10.7. The molecule has 1 aliphatic heterocycles. The molecule has 7 nitrogen and oxygen atoms in total. The van der Waals surface area contributed by atoms with Crippen LogP contribution >= 0.6 is 11.3 Å². The van der Waals surface area contributed by atoms with Gasteiger partial charge in [0.2, 0.25) is 5.91 Å². The summed E-state index contributed by atoms with van der Waals surface area (Å²) in [5.41, 5.74) is 0.972. The molecule has 0 saturated carbocycles. The zero-order valence-electron chi connectivity index (χ0n) is 18.0. The normalized spacial score (nSPS) is 15.9. The zero-order valence-corrected chi connectivity index (χ0v) is 18.8. The van der Waals surface area contributed by atoms with E-state index in [1.807, 2.05) is 29.6 Å². The summed E-state index contributed by atoms with van der Waals surface area (Å²) >= 11 is 1.59. The Morgan fingerprint density at radius 3 is 3.03 bits per heavy atom. The number of benzene rings is 1. The van der Waals surface area contributed by atoms with Crippen LogP contribution in [0.1, 0.15) is 38.2 Å². The Hall–Kier alpha value is -2.87. The monoisotopic (exact) mass is 440 g/mol. The molecule has 1 saturated heterocycles. The molecule has 3 aromatic rings. The summed E-state index contributed by atoms with van der Waals surface area (Å²) in [5.74, 6) is 2.28. The lowest BCUT2D eigenvalue weighted by Crippen LogP contribution is -2.43. The van der Waals surface area contributed by atoms with Gasteiger partial charge in [-0.1, -0.05) is 19.4 Å². The van der Waals surface area contributed by atoms with E-state index in [2.05, 4.69) is 27.1 Å². The first-order chi connectivity index (χ1) is 15.2. The second kappa shape index (κ2) is 9.96. The first-order valence-corrected chi connectivity index (χ1v) is 11.6. The van der Waals surface area contributed by atoms with Gasteiger partial charge in [-0.25, -0.2) is 9.97 Å². The molecule has 1 aliphatic rings. The smallest absolute Gasteiger partial charge is 0.243 e. The number of rotatable bonds is 9. The maximum Gasteiger partial charge on any atom is 0.243 e. The van der Waals surface area contributed by atoms with Crippen molar-refractivity contribution in [3.8, 4) is 11.5 Å². The van der Waals surface area contributed by atoms with Crippen LogP contribution in [0.5, 0.6) is 11.5 Å². The zero-order chi connectivity index (χ0) is 21.6. The van der Waals surface area contributed by atoms with Crippen LogP contribution in [-0.4, -0.2) is 42.2 Å². The topological polar surface area (TPSA) is 76.6 Å². The van der Waals surface area contributed by atoms with E-state index in [0.29, 0.717) is 18.9 Å². The molecular formula is C23H28N4O3S. The predicted molar refractivity (Wildman–Crippen MR) is 123 cm³/mol. The minimum Gasteiger partial charge on any atom is -0.493 e. The number of carbonyl (C=O) groups excluding carboxylic acids is 1. The van der Waals surface area contributed by atoms with E-state index in [-0.39, 0.29) is 11.9 Å². The highest BCUT2D eigenvalue weighted by Crippen LogP contribution is 2.32. The van der Waals surface area contributed by atoms with E-state index in [1.54, 1.807) is 24.8 Å². The van der Waals surface area contributed by atoms with Crippen molar-refractivity contribution >= 4 is 33.3 Å². The second-order valence-electron chi connectivity index (χ2n) is 7.59. The van der Waals surface area contributed by atoms with E-state index >= 15 is 0 Å². The second-order valence-corrected chi connectivity index (χ2v) is 8.49. The van der Waals surface area contributed by atoms with Crippen LogP contribution in [0.25, 0.3) is 10.2 Å². The summed E-state index contributed by atoms with van der Waals surface area (Å²) in [6.07, 6.45) is 5.44. The average molecular weight is 441 g/mol. The fourth-order valence-corrected chi connectivity index (χ4v) is 4.60. The molecule has 0 spiro atoms. The Morgan fingerprint density at radius 2 is 2.19 bits per heavy atom. The van der Waals surface area contributed by atoms with Crippen LogP contribution in [0.3, 0.4) is 0 Å². The summed E-state index contributed by atoms with van der Waals surface area (Å²) in [6, 6.07) is 7.60. The molecule has 1 atom stereocenters. The molecule has 8 heteroatoms. The highest BCUT2D eigenvalue weighted by Gasteiger charge is 2.32.